The third-order valence-corrected chi connectivity index (χ3v) is 5.68. The summed E-state index contributed by atoms with van der Waals surface area (Å²) in [6, 6.07) is 12.2. The molecule has 1 saturated heterocycles. The van der Waals surface area contributed by atoms with Crippen LogP contribution in [0.2, 0.25) is 5.02 Å². The van der Waals surface area contributed by atoms with Gasteiger partial charge >= 0.3 is 0 Å². The first-order valence-electron chi connectivity index (χ1n) is 10.4. The first-order chi connectivity index (χ1) is 15.4. The number of benzene rings is 2. The fourth-order valence-electron chi connectivity index (χ4n) is 3.33. The van der Waals surface area contributed by atoms with E-state index in [0.29, 0.717) is 22.1 Å². The number of rotatable bonds is 8. The van der Waals surface area contributed by atoms with Crippen LogP contribution < -0.4 is 20.3 Å². The minimum Gasteiger partial charge on any atom is -0.495 e. The predicted molar refractivity (Wildman–Crippen MR) is 127 cm³/mol. The van der Waals surface area contributed by atoms with Crippen molar-refractivity contribution in [3.05, 3.63) is 47.5 Å². The molecule has 1 aliphatic rings. The van der Waals surface area contributed by atoms with Crippen LogP contribution in [0.15, 0.2) is 42.5 Å². The molecule has 1 aliphatic heterocycles. The maximum absolute atomic E-state index is 12.6. The number of anilines is 3. The molecule has 1 fully saturated rings. The van der Waals surface area contributed by atoms with Crippen molar-refractivity contribution in [2.45, 2.75) is 13.0 Å². The van der Waals surface area contributed by atoms with Gasteiger partial charge in [-0.2, -0.15) is 0 Å². The summed E-state index contributed by atoms with van der Waals surface area (Å²) in [5.41, 5.74) is 2.38. The van der Waals surface area contributed by atoms with E-state index < -0.39 is 6.04 Å². The van der Waals surface area contributed by atoms with Crippen molar-refractivity contribution < 1.29 is 19.1 Å². The highest BCUT2D eigenvalue weighted by Gasteiger charge is 2.21. The van der Waals surface area contributed by atoms with Gasteiger partial charge in [0.2, 0.25) is 11.8 Å². The molecule has 0 spiro atoms. The number of ether oxygens (including phenoxy) is 2. The molecule has 0 bridgehead atoms. The van der Waals surface area contributed by atoms with Crippen molar-refractivity contribution in [2.75, 3.05) is 62.5 Å². The van der Waals surface area contributed by atoms with Crippen LogP contribution in [0.1, 0.15) is 6.92 Å². The molecule has 172 valence electrons. The lowest BCUT2D eigenvalue weighted by atomic mass is 10.2. The van der Waals surface area contributed by atoms with E-state index in [9.17, 15) is 9.59 Å². The number of carbonyl (C=O) groups excluding carboxylic acids is 2. The average molecular weight is 461 g/mol. The van der Waals surface area contributed by atoms with E-state index in [4.69, 9.17) is 21.1 Å². The number of amides is 2. The van der Waals surface area contributed by atoms with Crippen LogP contribution in [0.25, 0.3) is 0 Å². The van der Waals surface area contributed by atoms with E-state index in [0.717, 1.165) is 32.0 Å². The van der Waals surface area contributed by atoms with Gasteiger partial charge < -0.3 is 25.0 Å². The smallest absolute Gasteiger partial charge is 0.241 e. The van der Waals surface area contributed by atoms with Crippen molar-refractivity contribution in [3.63, 3.8) is 0 Å². The molecule has 2 aromatic carbocycles. The second kappa shape index (κ2) is 11.2. The Hall–Kier alpha value is -2.81. The summed E-state index contributed by atoms with van der Waals surface area (Å²) >= 11 is 6.11. The molecule has 2 N–H and O–H groups in total. The third kappa shape index (κ3) is 6.35. The van der Waals surface area contributed by atoms with Crippen molar-refractivity contribution in [2.24, 2.45) is 0 Å². The van der Waals surface area contributed by atoms with E-state index in [2.05, 4.69) is 15.5 Å². The van der Waals surface area contributed by atoms with Gasteiger partial charge in [0.1, 0.15) is 5.75 Å². The van der Waals surface area contributed by atoms with Gasteiger partial charge in [-0.25, -0.2) is 0 Å². The summed E-state index contributed by atoms with van der Waals surface area (Å²) in [7, 11) is 3.26. The topological polar surface area (TPSA) is 83.1 Å². The summed E-state index contributed by atoms with van der Waals surface area (Å²) in [6.45, 7) is 4.98. The third-order valence-electron chi connectivity index (χ3n) is 5.38. The summed E-state index contributed by atoms with van der Waals surface area (Å²) in [4.78, 5) is 29.0. The Balaban J connectivity index is 1.49. The average Bonchev–Trinajstić information content (AvgIpc) is 2.79. The summed E-state index contributed by atoms with van der Waals surface area (Å²) in [5, 5.41) is 6.10. The Morgan fingerprint density at radius 3 is 2.41 bits per heavy atom. The molecule has 0 saturated carbocycles. The van der Waals surface area contributed by atoms with Gasteiger partial charge in [0.15, 0.2) is 0 Å². The molecule has 1 unspecified atom stereocenters. The van der Waals surface area contributed by atoms with Gasteiger partial charge in [-0.05, 0) is 56.4 Å². The molecule has 0 aromatic heterocycles. The lowest BCUT2D eigenvalue weighted by molar-refractivity contribution is -0.122. The second-order valence-corrected chi connectivity index (χ2v) is 8.03. The number of halogens is 1. The van der Waals surface area contributed by atoms with Crippen LogP contribution >= 0.6 is 11.6 Å². The number of methoxy groups -OCH3 is 1. The molecule has 2 aromatic rings. The van der Waals surface area contributed by atoms with Crippen LogP contribution in [0, 0.1) is 0 Å². The number of nitrogens with one attached hydrogen (secondary N) is 2. The molecule has 1 atom stereocenters. The fourth-order valence-corrected chi connectivity index (χ4v) is 3.59. The maximum atomic E-state index is 12.6. The molecule has 2 amide bonds. The van der Waals surface area contributed by atoms with Crippen LogP contribution in [0.5, 0.6) is 5.75 Å². The largest absolute Gasteiger partial charge is 0.495 e. The Bertz CT molecular complexity index is 932. The van der Waals surface area contributed by atoms with Gasteiger partial charge in [0, 0.05) is 30.2 Å². The second-order valence-electron chi connectivity index (χ2n) is 7.62. The van der Waals surface area contributed by atoms with E-state index >= 15 is 0 Å². The van der Waals surface area contributed by atoms with Gasteiger partial charge in [0.25, 0.3) is 0 Å². The van der Waals surface area contributed by atoms with Crippen molar-refractivity contribution in [1.82, 2.24) is 4.90 Å². The van der Waals surface area contributed by atoms with E-state index in [1.165, 1.54) is 7.11 Å². The number of morpholine rings is 1. The van der Waals surface area contributed by atoms with Crippen LogP contribution in [0.4, 0.5) is 17.1 Å². The minimum atomic E-state index is -0.523. The molecule has 0 radical (unpaired) electrons. The number of hydrogen-bond acceptors (Lipinski definition) is 6. The number of carbonyl (C=O) groups is 2. The van der Waals surface area contributed by atoms with Gasteiger partial charge in [0.05, 0.1) is 37.9 Å². The quantitative estimate of drug-likeness (QED) is 0.630. The first kappa shape index (κ1) is 23.8. The molecule has 8 nitrogen and oxygen atoms in total. The number of nitrogens with zero attached hydrogens (tertiary/aromatic N) is 2. The highest BCUT2D eigenvalue weighted by atomic mass is 35.5. The Labute approximate surface area is 193 Å². The van der Waals surface area contributed by atoms with Crippen LogP contribution in [-0.4, -0.2) is 69.8 Å². The Morgan fingerprint density at radius 2 is 1.78 bits per heavy atom. The van der Waals surface area contributed by atoms with Gasteiger partial charge in [-0.15, -0.1) is 0 Å². The highest BCUT2D eigenvalue weighted by Crippen LogP contribution is 2.27. The molecular formula is C23H29ClN4O4. The standard InChI is InChI=1S/C23H29ClN4O4/c1-16(23(30)26-18-6-9-21(31-3)20(24)14-18)27(2)15-22(29)25-17-4-7-19(8-5-17)28-10-12-32-13-11-28/h4-9,14,16H,10-13,15H2,1-3H3,(H,25,29)(H,26,30). The summed E-state index contributed by atoms with van der Waals surface area (Å²) in [6.07, 6.45) is 0. The first-order valence-corrected chi connectivity index (χ1v) is 10.8. The molecule has 1 heterocycles. The fraction of sp³-hybridized carbons (Fsp3) is 0.391. The normalized spacial score (nSPS) is 14.7. The van der Waals surface area contributed by atoms with Crippen molar-refractivity contribution in [1.29, 1.82) is 0 Å². The van der Waals surface area contributed by atoms with E-state index in [1.54, 1.807) is 37.1 Å². The van der Waals surface area contributed by atoms with E-state index in [-0.39, 0.29) is 18.4 Å². The molecular weight excluding hydrogens is 432 g/mol. The minimum absolute atomic E-state index is 0.0726. The summed E-state index contributed by atoms with van der Waals surface area (Å²) < 4.78 is 10.5. The Kier molecular flexibility index (Phi) is 8.33. The zero-order valence-electron chi connectivity index (χ0n) is 18.6. The number of hydrogen-bond donors (Lipinski definition) is 2. The van der Waals surface area contributed by atoms with Crippen LogP contribution in [-0.2, 0) is 14.3 Å². The SMILES string of the molecule is COc1ccc(NC(=O)C(C)N(C)CC(=O)Nc2ccc(N3CCOCC3)cc2)cc1Cl. The highest BCUT2D eigenvalue weighted by molar-refractivity contribution is 6.32. The molecule has 0 aliphatic carbocycles. The lowest BCUT2D eigenvalue weighted by Gasteiger charge is -2.29. The van der Waals surface area contributed by atoms with Gasteiger partial charge in [-0.3, -0.25) is 14.5 Å². The predicted octanol–water partition coefficient (Wildman–Crippen LogP) is 3.08. The molecule has 32 heavy (non-hydrogen) atoms. The molecule has 9 heteroatoms. The zero-order chi connectivity index (χ0) is 23.1. The van der Waals surface area contributed by atoms with Crippen molar-refractivity contribution >= 4 is 40.5 Å². The van der Waals surface area contributed by atoms with Crippen LogP contribution in [0.3, 0.4) is 0 Å². The summed E-state index contributed by atoms with van der Waals surface area (Å²) in [5.74, 6) is 0.0969. The van der Waals surface area contributed by atoms with Crippen molar-refractivity contribution in [3.8, 4) is 5.75 Å². The van der Waals surface area contributed by atoms with Gasteiger partial charge in [-0.1, -0.05) is 11.6 Å². The monoisotopic (exact) mass is 460 g/mol. The Morgan fingerprint density at radius 1 is 1.12 bits per heavy atom. The molecule has 3 rings (SSSR count). The number of likely N-dealkylation sites (N-methyl/N-ethyl adjacent to an activating group) is 1. The maximum Gasteiger partial charge on any atom is 0.241 e. The van der Waals surface area contributed by atoms with E-state index in [1.807, 2.05) is 24.3 Å². The lowest BCUT2D eigenvalue weighted by Crippen LogP contribution is -2.43. The zero-order valence-corrected chi connectivity index (χ0v) is 19.3.